The number of aliphatic carboxylic acids is 1. The van der Waals surface area contributed by atoms with Crippen LogP contribution in [0.5, 0.6) is 0 Å². The lowest BCUT2D eigenvalue weighted by molar-refractivity contribution is -0.142. The molecule has 54 heavy (non-hydrogen) atoms. The Balaban J connectivity index is 0.000000155. The summed E-state index contributed by atoms with van der Waals surface area (Å²) in [7, 11) is 0. The van der Waals surface area contributed by atoms with Gasteiger partial charge in [0.2, 0.25) is 5.91 Å². The predicted octanol–water partition coefficient (Wildman–Crippen LogP) is 8.91. The van der Waals surface area contributed by atoms with E-state index in [2.05, 4.69) is 41.8 Å². The number of piperidine rings is 2. The van der Waals surface area contributed by atoms with E-state index in [0.29, 0.717) is 22.5 Å². The number of H-pyrrole nitrogens is 2. The van der Waals surface area contributed by atoms with Crippen LogP contribution in [0.1, 0.15) is 38.5 Å². The number of likely N-dealkylation sites (tertiary alicyclic amines) is 1. The molecule has 9 rings (SSSR count). The lowest BCUT2D eigenvalue weighted by atomic mass is 9.96. The topological polar surface area (TPSA) is 121 Å². The van der Waals surface area contributed by atoms with Crippen LogP contribution in [0, 0.1) is 11.8 Å². The molecule has 6 aromatic rings. The van der Waals surface area contributed by atoms with Crippen LogP contribution in [0.25, 0.3) is 44.8 Å². The molecule has 10 nitrogen and oxygen atoms in total. The number of amides is 1. The number of halogens is 2. The first-order valence-corrected chi connectivity index (χ1v) is 19.6. The number of nitrogens with one attached hydrogen (secondary N) is 2. The van der Waals surface area contributed by atoms with Gasteiger partial charge in [-0.15, -0.1) is 0 Å². The van der Waals surface area contributed by atoms with E-state index in [1.54, 1.807) is 0 Å². The highest BCUT2D eigenvalue weighted by atomic mass is 35.5. The van der Waals surface area contributed by atoms with Crippen LogP contribution in [0.15, 0.2) is 84.9 Å². The van der Waals surface area contributed by atoms with Gasteiger partial charge >= 0.3 is 5.97 Å². The maximum Gasteiger partial charge on any atom is 0.308 e. The normalized spacial score (nSPS) is 18.9. The number of imidazole rings is 2. The van der Waals surface area contributed by atoms with Gasteiger partial charge in [0, 0.05) is 61.8 Å². The van der Waals surface area contributed by atoms with Crippen molar-refractivity contribution in [2.75, 3.05) is 49.1 Å². The van der Waals surface area contributed by atoms with Crippen molar-refractivity contribution in [3.05, 3.63) is 95.0 Å². The zero-order valence-corrected chi connectivity index (χ0v) is 31.5. The van der Waals surface area contributed by atoms with Crippen LogP contribution in [0.2, 0.25) is 10.0 Å². The van der Waals surface area contributed by atoms with E-state index in [0.717, 1.165) is 127 Å². The van der Waals surface area contributed by atoms with Gasteiger partial charge in [0.25, 0.3) is 0 Å². The average molecular weight is 765 g/mol. The molecule has 0 aliphatic carbocycles. The molecule has 3 saturated heterocycles. The van der Waals surface area contributed by atoms with Gasteiger partial charge in [-0.1, -0.05) is 47.5 Å². The number of carbonyl (C=O) groups is 2. The molecule has 2 atom stereocenters. The Bertz CT molecular complexity index is 2230. The molecule has 5 heterocycles. The fourth-order valence-corrected chi connectivity index (χ4v) is 8.38. The van der Waals surface area contributed by atoms with Crippen molar-refractivity contribution < 1.29 is 14.7 Å². The quantitative estimate of drug-likeness (QED) is 0.155. The zero-order valence-electron chi connectivity index (χ0n) is 30.0. The van der Waals surface area contributed by atoms with Crippen LogP contribution >= 0.6 is 23.2 Å². The number of rotatable bonds is 6. The highest BCUT2D eigenvalue weighted by Gasteiger charge is 2.31. The third-order valence-corrected chi connectivity index (χ3v) is 11.5. The number of anilines is 2. The molecule has 3 fully saturated rings. The first kappa shape index (κ1) is 35.9. The second-order valence-electron chi connectivity index (χ2n) is 14.5. The van der Waals surface area contributed by atoms with Crippen molar-refractivity contribution in [1.29, 1.82) is 0 Å². The molecule has 2 aromatic heterocycles. The monoisotopic (exact) mass is 763 g/mol. The van der Waals surface area contributed by atoms with Gasteiger partial charge in [-0.05, 0) is 99.2 Å². The molecule has 0 bridgehead atoms. The summed E-state index contributed by atoms with van der Waals surface area (Å²) >= 11 is 12.9. The van der Waals surface area contributed by atoms with Crippen LogP contribution in [-0.4, -0.2) is 81.1 Å². The van der Waals surface area contributed by atoms with Crippen molar-refractivity contribution in [3.63, 3.8) is 0 Å². The Labute approximate surface area is 324 Å². The second-order valence-corrected chi connectivity index (χ2v) is 15.3. The van der Waals surface area contributed by atoms with E-state index in [1.165, 1.54) is 0 Å². The summed E-state index contributed by atoms with van der Waals surface area (Å²) in [6, 6.07) is 27.7. The maximum absolute atomic E-state index is 12.9. The van der Waals surface area contributed by atoms with Gasteiger partial charge in [0.05, 0.1) is 43.9 Å². The lowest BCUT2D eigenvalue weighted by Crippen LogP contribution is -2.44. The number of carboxylic acids is 1. The van der Waals surface area contributed by atoms with Crippen molar-refractivity contribution in [2.24, 2.45) is 11.8 Å². The molecule has 278 valence electrons. The van der Waals surface area contributed by atoms with E-state index in [9.17, 15) is 14.7 Å². The summed E-state index contributed by atoms with van der Waals surface area (Å²) in [5.74, 6) is 0.876. The highest BCUT2D eigenvalue weighted by Crippen LogP contribution is 2.35. The Morgan fingerprint density at radius 1 is 0.630 bits per heavy atom. The van der Waals surface area contributed by atoms with Gasteiger partial charge in [-0.25, -0.2) is 9.97 Å². The molecular formula is C42H43Cl2N7O3. The fourth-order valence-electron chi connectivity index (χ4n) is 7.97. The molecule has 1 amide bonds. The number of hydrogen-bond donors (Lipinski definition) is 3. The summed E-state index contributed by atoms with van der Waals surface area (Å²) < 4.78 is 0. The molecule has 3 aliphatic heterocycles. The summed E-state index contributed by atoms with van der Waals surface area (Å²) in [6.45, 7) is 4.96. The molecular weight excluding hydrogens is 721 g/mol. The number of nitrogens with zero attached hydrogens (tertiary/aromatic N) is 5. The Kier molecular flexibility index (Phi) is 10.5. The number of benzene rings is 4. The first-order valence-electron chi connectivity index (χ1n) is 18.8. The zero-order chi connectivity index (χ0) is 37.2. The van der Waals surface area contributed by atoms with Gasteiger partial charge in [-0.3, -0.25) is 9.59 Å². The number of aromatic amines is 2. The number of hydrogen-bond acceptors (Lipinski definition) is 6. The predicted molar refractivity (Wildman–Crippen MR) is 216 cm³/mol. The summed E-state index contributed by atoms with van der Waals surface area (Å²) in [6.07, 6.45) is 5.90. The molecule has 3 N–H and O–H groups in total. The minimum absolute atomic E-state index is 0.0900. The standard InChI is InChI=1S/C23H25ClN4O.C19H18ClN3O2/c24-19-10-9-17(14-18(19)22-25-20-7-1-2-8-21(20)26-22)28-13-5-6-16(15-28)23(29)27-11-3-4-12-27;20-15-8-7-13(23-9-3-4-12(11-23)19(24)25)10-14(15)18-21-16-5-1-2-6-17(16)22-18/h1-2,7-10,14,16H,3-6,11-13,15H2,(H,25,26);1-2,5-8,10,12H,3-4,9,11H2,(H,21,22)(H,24,25)/t16-;12-/m11/s1. The summed E-state index contributed by atoms with van der Waals surface area (Å²) in [5.41, 5.74) is 7.58. The fraction of sp³-hybridized carbons (Fsp3) is 0.333. The highest BCUT2D eigenvalue weighted by molar-refractivity contribution is 6.33. The molecule has 12 heteroatoms. The van der Waals surface area contributed by atoms with Gasteiger partial charge in [0.15, 0.2) is 0 Å². The number of fused-ring (bicyclic) bond motifs is 2. The third kappa shape index (κ3) is 7.63. The van der Waals surface area contributed by atoms with E-state index in [-0.39, 0.29) is 11.8 Å². The third-order valence-electron chi connectivity index (χ3n) is 10.9. The van der Waals surface area contributed by atoms with Crippen LogP contribution in [0.3, 0.4) is 0 Å². The largest absolute Gasteiger partial charge is 0.481 e. The summed E-state index contributed by atoms with van der Waals surface area (Å²) in [4.78, 5) is 46.7. The van der Waals surface area contributed by atoms with Gasteiger partial charge < -0.3 is 29.8 Å². The maximum atomic E-state index is 12.9. The lowest BCUT2D eigenvalue weighted by Gasteiger charge is -2.35. The number of para-hydroxylation sites is 4. The average Bonchev–Trinajstić information content (AvgIpc) is 3.99. The first-order chi connectivity index (χ1) is 26.3. The minimum Gasteiger partial charge on any atom is -0.481 e. The molecule has 3 aliphatic rings. The van der Waals surface area contributed by atoms with Crippen molar-refractivity contribution in [3.8, 4) is 22.8 Å². The number of carbonyl (C=O) groups excluding carboxylic acids is 1. The van der Waals surface area contributed by atoms with Crippen LogP contribution < -0.4 is 9.80 Å². The molecule has 0 saturated carbocycles. The van der Waals surface area contributed by atoms with E-state index >= 15 is 0 Å². The number of aromatic nitrogens is 4. The van der Waals surface area contributed by atoms with Gasteiger partial charge in [0.1, 0.15) is 11.6 Å². The Hall–Kier alpha value is -5.06. The van der Waals surface area contributed by atoms with Crippen LogP contribution in [0.4, 0.5) is 11.4 Å². The molecule has 0 unspecified atom stereocenters. The van der Waals surface area contributed by atoms with E-state index in [4.69, 9.17) is 28.2 Å². The van der Waals surface area contributed by atoms with Crippen molar-refractivity contribution in [2.45, 2.75) is 38.5 Å². The molecule has 4 aromatic carbocycles. The van der Waals surface area contributed by atoms with Crippen molar-refractivity contribution in [1.82, 2.24) is 24.8 Å². The van der Waals surface area contributed by atoms with Gasteiger partial charge in [-0.2, -0.15) is 0 Å². The van der Waals surface area contributed by atoms with E-state index < -0.39 is 5.97 Å². The van der Waals surface area contributed by atoms with E-state index in [1.807, 2.05) is 72.8 Å². The molecule has 0 radical (unpaired) electrons. The smallest absolute Gasteiger partial charge is 0.308 e. The SMILES string of the molecule is O=C(O)[C@@H]1CCCN(c2ccc(Cl)c(-c3nc4ccccc4[nH]3)c2)C1.O=C([C@@H]1CCCN(c2ccc(Cl)c(-c3nc4ccccc4[nH]3)c2)C1)N1CCCC1. The number of carboxylic acid groups (broad SMARTS) is 1. The van der Waals surface area contributed by atoms with Crippen molar-refractivity contribution >= 4 is 68.5 Å². The second kappa shape index (κ2) is 15.7. The summed E-state index contributed by atoms with van der Waals surface area (Å²) in [5, 5.41) is 10.6. The van der Waals surface area contributed by atoms with Crippen LogP contribution in [-0.2, 0) is 9.59 Å². The Morgan fingerprint density at radius 3 is 1.61 bits per heavy atom. The minimum atomic E-state index is -0.726. The molecule has 0 spiro atoms. The Morgan fingerprint density at radius 2 is 1.11 bits per heavy atom.